The summed E-state index contributed by atoms with van der Waals surface area (Å²) in [6, 6.07) is 5.61. The second-order valence-corrected chi connectivity index (χ2v) is 6.70. The first kappa shape index (κ1) is 16.2. The summed E-state index contributed by atoms with van der Waals surface area (Å²) in [6.45, 7) is 6.54. The summed E-state index contributed by atoms with van der Waals surface area (Å²) in [7, 11) is 0. The summed E-state index contributed by atoms with van der Waals surface area (Å²) in [5.41, 5.74) is 0.875. The average molecular weight is 357 g/mol. The van der Waals surface area contributed by atoms with E-state index in [1.165, 1.54) is 0 Å². The molecular weight excluding hydrogens is 336 g/mol. The minimum atomic E-state index is -0.299. The van der Waals surface area contributed by atoms with Crippen LogP contribution in [0, 0.1) is 16.0 Å². The second kappa shape index (κ2) is 7.22. The van der Waals surface area contributed by atoms with Crippen LogP contribution in [0.4, 0.5) is 11.4 Å². The fraction of sp³-hybridized carbons (Fsp3) is 0.600. The Morgan fingerprint density at radius 3 is 2.67 bits per heavy atom. The topological polar surface area (TPSA) is 55.6 Å². The zero-order chi connectivity index (χ0) is 15.4. The van der Waals surface area contributed by atoms with Crippen LogP contribution in [-0.4, -0.2) is 30.7 Å². The van der Waals surface area contributed by atoms with E-state index in [9.17, 15) is 10.1 Å². The van der Waals surface area contributed by atoms with Crippen molar-refractivity contribution in [2.45, 2.75) is 32.7 Å². The Morgan fingerprint density at radius 1 is 1.43 bits per heavy atom. The van der Waals surface area contributed by atoms with Crippen molar-refractivity contribution >= 4 is 27.3 Å². The van der Waals surface area contributed by atoms with Crippen molar-refractivity contribution in [2.75, 3.05) is 24.7 Å². The lowest BCUT2D eigenvalue weighted by Gasteiger charge is -2.36. The molecule has 116 valence electrons. The molecule has 0 radical (unpaired) electrons. The molecule has 0 aromatic heterocycles. The first-order valence-corrected chi connectivity index (χ1v) is 8.06. The quantitative estimate of drug-likeness (QED) is 0.590. The Hall–Kier alpha value is -1.14. The molecule has 6 heteroatoms. The van der Waals surface area contributed by atoms with Gasteiger partial charge in [-0.3, -0.25) is 10.1 Å². The van der Waals surface area contributed by atoms with Gasteiger partial charge in [0.1, 0.15) is 5.69 Å². The highest BCUT2D eigenvalue weighted by molar-refractivity contribution is 9.10. The van der Waals surface area contributed by atoms with Crippen LogP contribution in [0.2, 0.25) is 0 Å². The molecule has 5 nitrogen and oxygen atoms in total. The molecule has 0 atom stereocenters. The molecule has 1 heterocycles. The van der Waals surface area contributed by atoms with Crippen LogP contribution in [-0.2, 0) is 4.74 Å². The van der Waals surface area contributed by atoms with Gasteiger partial charge in [-0.25, -0.2) is 0 Å². The second-order valence-electron chi connectivity index (χ2n) is 5.78. The number of nitrogens with zero attached hydrogens (tertiary/aromatic N) is 2. The predicted octanol–water partition coefficient (Wildman–Crippen LogP) is 4.00. The summed E-state index contributed by atoms with van der Waals surface area (Å²) in [6.07, 6.45) is 1.83. The molecule has 2 rings (SSSR count). The molecule has 0 aliphatic carbocycles. The highest BCUT2D eigenvalue weighted by Gasteiger charge is 2.27. The van der Waals surface area contributed by atoms with Crippen LogP contribution in [0.15, 0.2) is 22.7 Å². The maximum atomic E-state index is 11.4. The molecule has 1 aliphatic rings. The lowest BCUT2D eigenvalue weighted by atomic mass is 10.0. The summed E-state index contributed by atoms with van der Waals surface area (Å²) in [5.74, 6) is 0.441. The normalized spacial score (nSPS) is 16.2. The van der Waals surface area contributed by atoms with Crippen molar-refractivity contribution in [3.05, 3.63) is 32.8 Å². The standard InChI is InChI=1S/C15H21BrN2O3/c1-11(2)10-17(13-5-7-21-8-6-13)14-4-3-12(16)9-15(14)18(19)20/h3-4,9,11,13H,5-8,10H2,1-2H3. The Bertz CT molecular complexity index is 502. The average Bonchev–Trinajstić information content (AvgIpc) is 2.45. The maximum Gasteiger partial charge on any atom is 0.293 e. The van der Waals surface area contributed by atoms with Gasteiger partial charge in [-0.1, -0.05) is 29.8 Å². The molecule has 0 amide bonds. The van der Waals surface area contributed by atoms with Gasteiger partial charge in [0.2, 0.25) is 0 Å². The number of benzene rings is 1. The first-order valence-electron chi connectivity index (χ1n) is 7.27. The van der Waals surface area contributed by atoms with Crippen LogP contribution in [0.5, 0.6) is 0 Å². The van der Waals surface area contributed by atoms with Crippen molar-refractivity contribution in [1.29, 1.82) is 0 Å². The molecule has 1 aromatic rings. The van der Waals surface area contributed by atoms with Crippen molar-refractivity contribution in [2.24, 2.45) is 5.92 Å². The number of hydrogen-bond donors (Lipinski definition) is 0. The molecular formula is C15H21BrN2O3. The monoisotopic (exact) mass is 356 g/mol. The minimum Gasteiger partial charge on any atom is -0.381 e. The van der Waals surface area contributed by atoms with E-state index in [2.05, 4.69) is 34.7 Å². The SMILES string of the molecule is CC(C)CN(c1ccc(Br)cc1[N+](=O)[O-])C1CCOCC1. The Labute approximate surface area is 133 Å². The zero-order valence-corrected chi connectivity index (χ0v) is 14.0. The van der Waals surface area contributed by atoms with Gasteiger partial charge in [0, 0.05) is 36.3 Å². The number of anilines is 1. The summed E-state index contributed by atoms with van der Waals surface area (Å²) < 4.78 is 6.15. The van der Waals surface area contributed by atoms with Gasteiger partial charge in [-0.2, -0.15) is 0 Å². The molecule has 1 aromatic carbocycles. The van der Waals surface area contributed by atoms with E-state index in [-0.39, 0.29) is 10.6 Å². The smallest absolute Gasteiger partial charge is 0.293 e. The Kier molecular flexibility index (Phi) is 5.58. The van der Waals surface area contributed by atoms with Crippen molar-refractivity contribution in [3.8, 4) is 0 Å². The third-order valence-electron chi connectivity index (χ3n) is 3.64. The van der Waals surface area contributed by atoms with Crippen LogP contribution >= 0.6 is 15.9 Å². The van der Waals surface area contributed by atoms with Crippen molar-refractivity contribution in [3.63, 3.8) is 0 Å². The summed E-state index contributed by atoms with van der Waals surface area (Å²) in [5, 5.41) is 11.4. The highest BCUT2D eigenvalue weighted by atomic mass is 79.9. The van der Waals surface area contributed by atoms with Gasteiger partial charge >= 0.3 is 0 Å². The fourth-order valence-electron chi connectivity index (χ4n) is 2.72. The van der Waals surface area contributed by atoms with E-state index in [4.69, 9.17) is 4.74 Å². The number of nitro benzene ring substituents is 1. The van der Waals surface area contributed by atoms with E-state index >= 15 is 0 Å². The number of ether oxygens (including phenoxy) is 1. The molecule has 1 saturated heterocycles. The van der Waals surface area contributed by atoms with Crippen LogP contribution in [0.25, 0.3) is 0 Å². The minimum absolute atomic E-state index is 0.163. The van der Waals surface area contributed by atoms with Gasteiger partial charge in [0.05, 0.1) is 4.92 Å². The van der Waals surface area contributed by atoms with Crippen LogP contribution < -0.4 is 4.90 Å². The molecule has 1 aliphatic heterocycles. The molecule has 1 fully saturated rings. The first-order chi connectivity index (χ1) is 9.99. The van der Waals surface area contributed by atoms with E-state index in [0.29, 0.717) is 17.6 Å². The van der Waals surface area contributed by atoms with Gasteiger partial charge < -0.3 is 9.64 Å². The van der Waals surface area contributed by atoms with E-state index < -0.39 is 0 Å². The lowest BCUT2D eigenvalue weighted by molar-refractivity contribution is -0.384. The summed E-state index contributed by atoms with van der Waals surface area (Å²) in [4.78, 5) is 13.3. The predicted molar refractivity (Wildman–Crippen MR) is 86.8 cm³/mol. The number of hydrogen-bond acceptors (Lipinski definition) is 4. The van der Waals surface area contributed by atoms with Gasteiger partial charge in [-0.15, -0.1) is 0 Å². The Morgan fingerprint density at radius 2 is 2.10 bits per heavy atom. The largest absolute Gasteiger partial charge is 0.381 e. The molecule has 0 N–H and O–H groups in total. The van der Waals surface area contributed by atoms with E-state index in [1.807, 2.05) is 12.1 Å². The van der Waals surface area contributed by atoms with Crippen LogP contribution in [0.3, 0.4) is 0 Å². The third kappa shape index (κ3) is 4.17. The number of rotatable bonds is 5. The molecule has 0 unspecified atom stereocenters. The maximum absolute atomic E-state index is 11.4. The molecule has 0 spiro atoms. The van der Waals surface area contributed by atoms with Gasteiger partial charge in [0.25, 0.3) is 5.69 Å². The third-order valence-corrected chi connectivity index (χ3v) is 4.13. The number of nitro groups is 1. The molecule has 0 bridgehead atoms. The lowest BCUT2D eigenvalue weighted by Crippen LogP contribution is -2.42. The molecule has 0 saturated carbocycles. The van der Waals surface area contributed by atoms with Crippen molar-refractivity contribution < 1.29 is 9.66 Å². The van der Waals surface area contributed by atoms with E-state index in [0.717, 1.165) is 37.1 Å². The van der Waals surface area contributed by atoms with Gasteiger partial charge in [-0.05, 0) is 30.9 Å². The number of halogens is 1. The Balaban J connectivity index is 2.37. The summed E-state index contributed by atoms with van der Waals surface area (Å²) >= 11 is 3.32. The fourth-order valence-corrected chi connectivity index (χ4v) is 3.07. The molecule has 21 heavy (non-hydrogen) atoms. The van der Waals surface area contributed by atoms with Crippen LogP contribution in [0.1, 0.15) is 26.7 Å². The van der Waals surface area contributed by atoms with Gasteiger partial charge in [0.15, 0.2) is 0 Å². The zero-order valence-electron chi connectivity index (χ0n) is 12.4. The van der Waals surface area contributed by atoms with E-state index in [1.54, 1.807) is 6.07 Å². The highest BCUT2D eigenvalue weighted by Crippen LogP contribution is 2.34. The van der Waals surface area contributed by atoms with Crippen molar-refractivity contribution in [1.82, 2.24) is 0 Å².